The summed E-state index contributed by atoms with van der Waals surface area (Å²) in [4.78, 5) is 26.6. The molecule has 40 heavy (non-hydrogen) atoms. The molecule has 6 rings (SSSR count). The summed E-state index contributed by atoms with van der Waals surface area (Å²) in [6.07, 6.45) is 3.11. The Bertz CT molecular complexity index is 1540. The van der Waals surface area contributed by atoms with Gasteiger partial charge in [-0.2, -0.15) is 0 Å². The van der Waals surface area contributed by atoms with Gasteiger partial charge >= 0.3 is 5.97 Å². The molecule has 0 fully saturated rings. The minimum absolute atomic E-state index is 0.0493. The number of hydrogen-bond donors (Lipinski definition) is 0. The molecule has 3 heterocycles. The fraction of sp³-hybridized carbons (Fsp3) is 0.273. The van der Waals surface area contributed by atoms with E-state index in [0.29, 0.717) is 34.8 Å². The number of Topliss-reactive ketones (excluding diaryl/α,β-unsaturated/α-hetero) is 1. The number of carbonyl (C=O) groups excluding carboxylic acids is 2. The smallest absolute Gasteiger partial charge is 0.338 e. The molecule has 3 aromatic carbocycles. The predicted molar refractivity (Wildman–Crippen MR) is 150 cm³/mol. The molecule has 204 valence electrons. The Hall–Kier alpha value is -4.52. The van der Waals surface area contributed by atoms with E-state index in [1.807, 2.05) is 66.7 Å². The second kappa shape index (κ2) is 11.3. The van der Waals surface area contributed by atoms with E-state index < -0.39 is 5.97 Å². The maximum Gasteiger partial charge on any atom is 0.338 e. The molecule has 0 atom stereocenters. The van der Waals surface area contributed by atoms with E-state index in [0.717, 1.165) is 54.1 Å². The highest BCUT2D eigenvalue weighted by molar-refractivity contribution is 6.02. The van der Waals surface area contributed by atoms with Crippen molar-refractivity contribution in [3.8, 4) is 28.5 Å². The Morgan fingerprint density at radius 2 is 1.65 bits per heavy atom. The van der Waals surface area contributed by atoms with Crippen LogP contribution in [0.4, 0.5) is 0 Å². The number of ketones is 1. The summed E-state index contributed by atoms with van der Waals surface area (Å²) >= 11 is 0. The first-order valence-corrected chi connectivity index (χ1v) is 13.7. The molecule has 0 bridgehead atoms. The SMILES string of the molecule is CCOC(=O)c1cc2c(cc1-c1cc(C(=O)Cc3ccc(OCc4ccccc4)cc3)c3n1CCCC3)OCO2. The van der Waals surface area contributed by atoms with Gasteiger partial charge in [0.15, 0.2) is 17.3 Å². The number of rotatable bonds is 9. The van der Waals surface area contributed by atoms with Gasteiger partial charge in [0.05, 0.1) is 12.2 Å². The van der Waals surface area contributed by atoms with Crippen LogP contribution in [0.5, 0.6) is 17.2 Å². The summed E-state index contributed by atoms with van der Waals surface area (Å²) in [7, 11) is 0. The Morgan fingerprint density at radius 3 is 2.42 bits per heavy atom. The van der Waals surface area contributed by atoms with Crippen molar-refractivity contribution in [1.29, 1.82) is 0 Å². The number of esters is 1. The highest BCUT2D eigenvalue weighted by Crippen LogP contribution is 2.41. The number of carbonyl (C=O) groups is 2. The quantitative estimate of drug-likeness (QED) is 0.182. The number of benzene rings is 3. The summed E-state index contributed by atoms with van der Waals surface area (Å²) in [5, 5.41) is 0. The van der Waals surface area contributed by atoms with E-state index in [9.17, 15) is 9.59 Å². The van der Waals surface area contributed by atoms with Crippen molar-refractivity contribution in [2.45, 2.75) is 45.8 Å². The summed E-state index contributed by atoms with van der Waals surface area (Å²) in [6.45, 7) is 3.42. The zero-order valence-electron chi connectivity index (χ0n) is 22.5. The predicted octanol–water partition coefficient (Wildman–Crippen LogP) is 6.40. The lowest BCUT2D eigenvalue weighted by atomic mass is 9.99. The van der Waals surface area contributed by atoms with Crippen molar-refractivity contribution in [1.82, 2.24) is 4.57 Å². The fourth-order valence-corrected chi connectivity index (χ4v) is 5.40. The van der Waals surface area contributed by atoms with Gasteiger partial charge < -0.3 is 23.5 Å². The molecule has 0 saturated heterocycles. The molecule has 4 aromatic rings. The molecule has 7 nitrogen and oxygen atoms in total. The molecule has 0 N–H and O–H groups in total. The van der Waals surface area contributed by atoms with Crippen molar-refractivity contribution in [3.05, 3.63) is 101 Å². The average molecular weight is 538 g/mol. The number of fused-ring (bicyclic) bond motifs is 2. The molecule has 0 saturated carbocycles. The van der Waals surface area contributed by atoms with Crippen LogP contribution < -0.4 is 14.2 Å². The normalized spacial score (nSPS) is 13.5. The standard InChI is InChI=1S/C33H31NO6/c1-2-37-33(36)26-19-32-31(39-21-40-32)18-25(26)29-17-27(28-10-6-7-15-34(28)29)30(35)16-22-11-13-24(14-12-22)38-20-23-8-4-3-5-9-23/h3-5,8-9,11-14,17-19H,2,6-7,10,15-16,20-21H2,1H3. The van der Waals surface area contributed by atoms with Gasteiger partial charge in [0.2, 0.25) is 6.79 Å². The Kier molecular flexibility index (Phi) is 7.27. The van der Waals surface area contributed by atoms with Gasteiger partial charge in [-0.3, -0.25) is 4.79 Å². The minimum Gasteiger partial charge on any atom is -0.489 e. The zero-order valence-corrected chi connectivity index (χ0v) is 22.5. The number of ether oxygens (including phenoxy) is 4. The van der Waals surface area contributed by atoms with Crippen LogP contribution in [0.3, 0.4) is 0 Å². The van der Waals surface area contributed by atoms with Gasteiger partial charge in [0, 0.05) is 35.5 Å². The van der Waals surface area contributed by atoms with Gasteiger partial charge in [-0.25, -0.2) is 4.79 Å². The molecule has 2 aliphatic rings. The van der Waals surface area contributed by atoms with Gasteiger partial charge in [0.25, 0.3) is 0 Å². The van der Waals surface area contributed by atoms with E-state index >= 15 is 0 Å². The van der Waals surface area contributed by atoms with Crippen molar-refractivity contribution in [2.75, 3.05) is 13.4 Å². The fourth-order valence-electron chi connectivity index (χ4n) is 5.40. The molecule has 0 amide bonds. The molecule has 0 unspecified atom stereocenters. The van der Waals surface area contributed by atoms with E-state index in [1.165, 1.54) is 0 Å². The molecule has 0 radical (unpaired) electrons. The van der Waals surface area contributed by atoms with E-state index in [2.05, 4.69) is 4.57 Å². The maximum atomic E-state index is 13.7. The van der Waals surface area contributed by atoms with E-state index in [1.54, 1.807) is 13.0 Å². The van der Waals surface area contributed by atoms with Crippen LogP contribution >= 0.6 is 0 Å². The van der Waals surface area contributed by atoms with E-state index in [4.69, 9.17) is 18.9 Å². The average Bonchev–Trinajstić information content (AvgIpc) is 3.61. The second-order valence-electron chi connectivity index (χ2n) is 9.99. The van der Waals surface area contributed by atoms with Gasteiger partial charge in [-0.05, 0) is 67.6 Å². The maximum absolute atomic E-state index is 13.7. The number of hydrogen-bond acceptors (Lipinski definition) is 6. The topological polar surface area (TPSA) is 76.0 Å². The highest BCUT2D eigenvalue weighted by Gasteiger charge is 2.28. The molecule has 0 spiro atoms. The van der Waals surface area contributed by atoms with Crippen LogP contribution in [0.1, 0.15) is 57.3 Å². The molecule has 0 aliphatic carbocycles. The lowest BCUT2D eigenvalue weighted by Gasteiger charge is -2.20. The third kappa shape index (κ3) is 5.19. The van der Waals surface area contributed by atoms with Crippen LogP contribution in [0, 0.1) is 0 Å². The molecule has 7 heteroatoms. The van der Waals surface area contributed by atoms with Crippen LogP contribution in [0.25, 0.3) is 11.3 Å². The molecule has 1 aromatic heterocycles. The lowest BCUT2D eigenvalue weighted by Crippen LogP contribution is -2.15. The molecular weight excluding hydrogens is 506 g/mol. The summed E-state index contributed by atoms with van der Waals surface area (Å²) < 4.78 is 24.6. The lowest BCUT2D eigenvalue weighted by molar-refractivity contribution is 0.0526. The second-order valence-corrected chi connectivity index (χ2v) is 9.99. The van der Waals surface area contributed by atoms with Crippen LogP contribution in [0.2, 0.25) is 0 Å². The van der Waals surface area contributed by atoms with Crippen molar-refractivity contribution in [3.63, 3.8) is 0 Å². The molecular formula is C33H31NO6. The number of aromatic nitrogens is 1. The third-order valence-corrected chi connectivity index (χ3v) is 7.37. The first-order chi connectivity index (χ1) is 19.6. The van der Waals surface area contributed by atoms with Gasteiger partial charge in [0.1, 0.15) is 12.4 Å². The molecule has 2 aliphatic heterocycles. The van der Waals surface area contributed by atoms with Crippen LogP contribution in [-0.2, 0) is 30.7 Å². The highest BCUT2D eigenvalue weighted by atomic mass is 16.7. The van der Waals surface area contributed by atoms with Gasteiger partial charge in [-0.15, -0.1) is 0 Å². The van der Waals surface area contributed by atoms with Crippen LogP contribution in [0.15, 0.2) is 72.8 Å². The van der Waals surface area contributed by atoms with Gasteiger partial charge in [-0.1, -0.05) is 42.5 Å². The number of nitrogens with zero attached hydrogens (tertiary/aromatic N) is 1. The summed E-state index contributed by atoms with van der Waals surface area (Å²) in [5.41, 5.74) is 5.65. The van der Waals surface area contributed by atoms with Crippen molar-refractivity contribution < 1.29 is 28.5 Å². The summed E-state index contributed by atoms with van der Waals surface area (Å²) in [6, 6.07) is 23.2. The van der Waals surface area contributed by atoms with Crippen molar-refractivity contribution >= 4 is 11.8 Å². The minimum atomic E-state index is -0.426. The Morgan fingerprint density at radius 1 is 0.875 bits per heavy atom. The first-order valence-electron chi connectivity index (χ1n) is 13.7. The first kappa shape index (κ1) is 25.7. The Balaban J connectivity index is 1.27. The third-order valence-electron chi connectivity index (χ3n) is 7.37. The van der Waals surface area contributed by atoms with Crippen LogP contribution in [-0.4, -0.2) is 29.7 Å². The van der Waals surface area contributed by atoms with E-state index in [-0.39, 0.29) is 25.6 Å². The van der Waals surface area contributed by atoms with Crippen molar-refractivity contribution in [2.24, 2.45) is 0 Å². The largest absolute Gasteiger partial charge is 0.489 e. The Labute approximate surface area is 233 Å². The monoisotopic (exact) mass is 537 g/mol. The summed E-state index contributed by atoms with van der Waals surface area (Å²) in [5.74, 6) is 1.48. The zero-order chi connectivity index (χ0) is 27.5.